The largest absolute Gasteiger partial charge is 0.456 e. The molecule has 0 aliphatic heterocycles. The summed E-state index contributed by atoms with van der Waals surface area (Å²) in [7, 11) is 0. The number of fused-ring (bicyclic) bond motifs is 1. The summed E-state index contributed by atoms with van der Waals surface area (Å²) in [6.07, 6.45) is -0.111. The van der Waals surface area contributed by atoms with Crippen LogP contribution in [0.3, 0.4) is 0 Å². The Labute approximate surface area is 188 Å². The molecule has 0 radical (unpaired) electrons. The second-order valence-corrected chi connectivity index (χ2v) is 7.19. The molecule has 0 saturated heterocycles. The van der Waals surface area contributed by atoms with Crippen molar-refractivity contribution in [2.45, 2.75) is 13.0 Å². The summed E-state index contributed by atoms with van der Waals surface area (Å²) in [5.74, 6) is -2.03. The van der Waals surface area contributed by atoms with Crippen molar-refractivity contribution in [1.29, 1.82) is 0 Å². The Balaban J connectivity index is 1.33. The molecule has 0 fully saturated rings. The third-order valence-corrected chi connectivity index (χ3v) is 4.96. The van der Waals surface area contributed by atoms with Gasteiger partial charge in [-0.3, -0.25) is 19.0 Å². The van der Waals surface area contributed by atoms with E-state index in [9.17, 15) is 19.2 Å². The Morgan fingerprint density at radius 1 is 0.879 bits per heavy atom. The number of hydrogen-bond donors (Lipinski definition) is 1. The van der Waals surface area contributed by atoms with E-state index in [0.29, 0.717) is 27.9 Å². The first kappa shape index (κ1) is 21.8. The first-order valence-corrected chi connectivity index (χ1v) is 10.3. The Morgan fingerprint density at radius 2 is 1.58 bits per heavy atom. The van der Waals surface area contributed by atoms with E-state index in [4.69, 9.17) is 9.15 Å². The first-order chi connectivity index (χ1) is 16.0. The lowest BCUT2D eigenvalue weighted by Crippen LogP contribution is -2.23. The van der Waals surface area contributed by atoms with Crippen LogP contribution in [0.15, 0.2) is 88.1 Å². The van der Waals surface area contributed by atoms with Gasteiger partial charge in [0.15, 0.2) is 18.0 Å². The van der Waals surface area contributed by atoms with Gasteiger partial charge in [0.2, 0.25) is 0 Å². The fourth-order valence-corrected chi connectivity index (χ4v) is 3.37. The maximum atomic E-state index is 12.8. The summed E-state index contributed by atoms with van der Waals surface area (Å²) in [6.45, 7) is -0.460. The van der Waals surface area contributed by atoms with Gasteiger partial charge in [0.25, 0.3) is 5.91 Å². The third-order valence-electron chi connectivity index (χ3n) is 4.96. The fourth-order valence-electron chi connectivity index (χ4n) is 3.37. The third kappa shape index (κ3) is 5.07. The minimum Gasteiger partial charge on any atom is -0.456 e. The van der Waals surface area contributed by atoms with Crippen LogP contribution in [0.5, 0.6) is 0 Å². The molecule has 0 aliphatic rings. The minimum absolute atomic E-state index is 0.0602. The molecule has 8 heteroatoms. The number of esters is 1. The molecule has 0 unspecified atom stereocenters. The molecule has 166 valence electrons. The van der Waals surface area contributed by atoms with E-state index in [1.807, 2.05) is 6.07 Å². The number of benzene rings is 3. The lowest BCUT2D eigenvalue weighted by molar-refractivity contribution is -0.147. The molecule has 4 rings (SSSR count). The highest BCUT2D eigenvalue weighted by molar-refractivity contribution is 6.13. The lowest BCUT2D eigenvalue weighted by Gasteiger charge is -2.11. The van der Waals surface area contributed by atoms with Crippen molar-refractivity contribution in [3.8, 4) is 0 Å². The van der Waals surface area contributed by atoms with Gasteiger partial charge in [0.1, 0.15) is 0 Å². The van der Waals surface area contributed by atoms with E-state index < -0.39 is 24.2 Å². The minimum atomic E-state index is -0.643. The molecule has 0 saturated carbocycles. The Bertz CT molecular complexity index is 1370. The monoisotopic (exact) mass is 444 g/mol. The lowest BCUT2D eigenvalue weighted by atomic mass is 10.0. The zero-order valence-corrected chi connectivity index (χ0v) is 17.5. The van der Waals surface area contributed by atoms with E-state index in [0.717, 1.165) is 0 Å². The maximum Gasteiger partial charge on any atom is 0.419 e. The van der Waals surface area contributed by atoms with Crippen molar-refractivity contribution < 1.29 is 23.5 Å². The number of ketones is 1. The first-order valence-electron chi connectivity index (χ1n) is 10.3. The molecule has 0 bridgehead atoms. The van der Waals surface area contributed by atoms with Crippen molar-refractivity contribution >= 4 is 34.4 Å². The second kappa shape index (κ2) is 9.78. The highest BCUT2D eigenvalue weighted by atomic mass is 16.5. The zero-order chi connectivity index (χ0) is 23.2. The molecule has 33 heavy (non-hydrogen) atoms. The number of ether oxygens (including phenoxy) is 1. The zero-order valence-electron chi connectivity index (χ0n) is 17.5. The van der Waals surface area contributed by atoms with Crippen molar-refractivity contribution in [3.63, 3.8) is 0 Å². The van der Waals surface area contributed by atoms with Gasteiger partial charge in [-0.25, -0.2) is 4.79 Å². The Hall–Kier alpha value is -4.46. The number of aryl methyl sites for hydroxylation is 1. The number of hydrogen-bond acceptors (Lipinski definition) is 6. The van der Waals surface area contributed by atoms with Gasteiger partial charge in [0.05, 0.1) is 17.6 Å². The summed E-state index contributed by atoms with van der Waals surface area (Å²) in [5, 5.41) is 2.61. The van der Waals surface area contributed by atoms with E-state index in [-0.39, 0.29) is 18.7 Å². The number of nitrogens with one attached hydrogen (secondary N) is 1. The van der Waals surface area contributed by atoms with Gasteiger partial charge >= 0.3 is 11.7 Å². The molecule has 4 aromatic rings. The van der Waals surface area contributed by atoms with Gasteiger partial charge < -0.3 is 14.5 Å². The maximum absolute atomic E-state index is 12.8. The summed E-state index contributed by atoms with van der Waals surface area (Å²) in [6, 6.07) is 22.2. The molecule has 8 nitrogen and oxygen atoms in total. The predicted octanol–water partition coefficient (Wildman–Crippen LogP) is 3.40. The van der Waals surface area contributed by atoms with Crippen LogP contribution in [-0.4, -0.2) is 28.8 Å². The average Bonchev–Trinajstić information content (AvgIpc) is 3.16. The number of carbonyl (C=O) groups excluding carboxylic acids is 3. The number of anilines is 1. The normalized spacial score (nSPS) is 10.7. The van der Waals surface area contributed by atoms with Crippen LogP contribution in [0.1, 0.15) is 22.3 Å². The molecular weight excluding hydrogens is 424 g/mol. The van der Waals surface area contributed by atoms with Crippen molar-refractivity contribution in [3.05, 3.63) is 101 Å². The van der Waals surface area contributed by atoms with Crippen molar-refractivity contribution in [1.82, 2.24) is 4.57 Å². The summed E-state index contributed by atoms with van der Waals surface area (Å²) >= 11 is 0. The molecule has 3 aromatic carbocycles. The number of para-hydroxylation sites is 3. The summed E-state index contributed by atoms with van der Waals surface area (Å²) < 4.78 is 11.5. The number of oxazole rings is 1. The standard InChI is InChI=1S/C25H20N2O6/c28-22(26-19-11-5-4-10-18(19)24(30)17-8-2-1-3-9-17)16-32-23(29)14-15-27-20-12-6-7-13-21(20)33-25(27)31/h1-13H,14-16H2,(H,26,28). The topological polar surface area (TPSA) is 108 Å². The van der Waals surface area contributed by atoms with Crippen LogP contribution in [0.25, 0.3) is 11.1 Å². The van der Waals surface area contributed by atoms with Gasteiger partial charge in [-0.2, -0.15) is 0 Å². The number of amides is 1. The molecule has 1 amide bonds. The molecule has 0 atom stereocenters. The highest BCUT2D eigenvalue weighted by Crippen LogP contribution is 2.19. The van der Waals surface area contributed by atoms with E-state index >= 15 is 0 Å². The SMILES string of the molecule is O=C(COC(=O)CCn1c(=O)oc2ccccc21)Nc1ccccc1C(=O)c1ccccc1. The van der Waals surface area contributed by atoms with Crippen molar-refractivity contribution in [2.24, 2.45) is 0 Å². The molecular formula is C25H20N2O6. The van der Waals surface area contributed by atoms with Gasteiger partial charge in [-0.05, 0) is 24.3 Å². The second-order valence-electron chi connectivity index (χ2n) is 7.19. The molecule has 0 spiro atoms. The molecule has 1 N–H and O–H groups in total. The van der Waals surface area contributed by atoms with Gasteiger partial charge in [-0.15, -0.1) is 0 Å². The van der Waals surface area contributed by atoms with Gasteiger partial charge in [-0.1, -0.05) is 54.6 Å². The average molecular weight is 444 g/mol. The number of carbonyl (C=O) groups is 3. The van der Waals surface area contributed by atoms with Crippen LogP contribution in [0.4, 0.5) is 5.69 Å². The van der Waals surface area contributed by atoms with Crippen LogP contribution in [0, 0.1) is 0 Å². The smallest absolute Gasteiger partial charge is 0.419 e. The summed E-state index contributed by atoms with van der Waals surface area (Å²) in [4.78, 5) is 49.1. The Kier molecular flexibility index (Phi) is 6.45. The summed E-state index contributed by atoms with van der Waals surface area (Å²) in [5.41, 5.74) is 2.15. The van der Waals surface area contributed by atoms with Gasteiger partial charge in [0, 0.05) is 17.7 Å². The fraction of sp³-hybridized carbons (Fsp3) is 0.120. The van der Waals surface area contributed by atoms with Crippen LogP contribution < -0.4 is 11.1 Å². The van der Waals surface area contributed by atoms with Crippen LogP contribution in [0.2, 0.25) is 0 Å². The van der Waals surface area contributed by atoms with Crippen LogP contribution >= 0.6 is 0 Å². The Morgan fingerprint density at radius 3 is 2.39 bits per heavy atom. The molecule has 1 aromatic heterocycles. The van der Waals surface area contributed by atoms with E-state index in [2.05, 4.69) is 5.32 Å². The molecule has 0 aliphatic carbocycles. The van der Waals surface area contributed by atoms with Crippen molar-refractivity contribution in [2.75, 3.05) is 11.9 Å². The van der Waals surface area contributed by atoms with E-state index in [1.165, 1.54) is 4.57 Å². The highest BCUT2D eigenvalue weighted by Gasteiger charge is 2.16. The number of nitrogens with zero attached hydrogens (tertiary/aromatic N) is 1. The number of rotatable bonds is 8. The van der Waals surface area contributed by atoms with E-state index in [1.54, 1.807) is 72.8 Å². The quantitative estimate of drug-likeness (QED) is 0.330. The van der Waals surface area contributed by atoms with Crippen LogP contribution in [-0.2, 0) is 20.9 Å². The molecule has 1 heterocycles. The number of aromatic nitrogens is 1. The predicted molar refractivity (Wildman–Crippen MR) is 121 cm³/mol.